The molecule has 0 amide bonds. The number of hydrogen-bond donors (Lipinski definition) is 2. The van der Waals surface area contributed by atoms with Gasteiger partial charge in [0.25, 0.3) is 10.0 Å². The number of hydrogen-bond acceptors (Lipinski definition) is 5. The Kier molecular flexibility index (Phi) is 2.94. The highest BCUT2D eigenvalue weighted by Gasteiger charge is 2.21. The Labute approximate surface area is 103 Å². The lowest BCUT2D eigenvalue weighted by molar-refractivity contribution is 0.590. The molecule has 0 aliphatic heterocycles. The predicted octanol–water partition coefficient (Wildman–Crippen LogP) is 0.462. The Morgan fingerprint density at radius 2 is 2.24 bits per heavy atom. The van der Waals surface area contributed by atoms with Crippen LogP contribution in [0.15, 0.2) is 17.2 Å². The van der Waals surface area contributed by atoms with Crippen molar-refractivity contribution in [3.8, 4) is 0 Å². The summed E-state index contributed by atoms with van der Waals surface area (Å²) in [4.78, 5) is 3.86. The lowest BCUT2D eigenvalue weighted by atomic mass is 10.5. The predicted molar refractivity (Wildman–Crippen MR) is 63.5 cm³/mol. The highest BCUT2D eigenvalue weighted by Crippen LogP contribution is 2.21. The zero-order chi connectivity index (χ0) is 12.6. The Morgan fingerprint density at radius 1 is 1.53 bits per heavy atom. The first-order valence-electron chi connectivity index (χ1n) is 4.75. The number of rotatable bonds is 3. The van der Waals surface area contributed by atoms with Crippen LogP contribution in [0, 0.1) is 0 Å². The van der Waals surface area contributed by atoms with Gasteiger partial charge in [-0.05, 0) is 19.1 Å². The molecule has 92 valence electrons. The number of fused-ring (bicyclic) bond motifs is 1. The van der Waals surface area contributed by atoms with Crippen molar-refractivity contribution in [3.63, 3.8) is 0 Å². The SMILES string of the molecule is CCNc1ccc2nc(Cl)c(S(N)(=O)=O)n2n1. The van der Waals surface area contributed by atoms with Crippen molar-refractivity contribution in [2.75, 3.05) is 11.9 Å². The summed E-state index contributed by atoms with van der Waals surface area (Å²) in [5, 5.41) is 11.6. The van der Waals surface area contributed by atoms with Gasteiger partial charge in [0.15, 0.2) is 10.8 Å². The maximum atomic E-state index is 11.4. The minimum absolute atomic E-state index is 0.186. The minimum Gasteiger partial charge on any atom is -0.369 e. The van der Waals surface area contributed by atoms with E-state index in [0.717, 1.165) is 4.52 Å². The maximum absolute atomic E-state index is 11.4. The van der Waals surface area contributed by atoms with Gasteiger partial charge in [-0.15, -0.1) is 5.10 Å². The number of anilines is 1. The van der Waals surface area contributed by atoms with Gasteiger partial charge >= 0.3 is 0 Å². The molecule has 7 nitrogen and oxygen atoms in total. The number of nitrogens with one attached hydrogen (secondary N) is 1. The molecule has 3 N–H and O–H groups in total. The molecule has 17 heavy (non-hydrogen) atoms. The molecule has 0 fully saturated rings. The zero-order valence-corrected chi connectivity index (χ0v) is 10.5. The molecule has 2 aromatic heterocycles. The van der Waals surface area contributed by atoms with Crippen LogP contribution in [0.25, 0.3) is 5.65 Å². The van der Waals surface area contributed by atoms with Gasteiger partial charge in [-0.2, -0.15) is 4.52 Å². The first-order valence-corrected chi connectivity index (χ1v) is 6.68. The van der Waals surface area contributed by atoms with Gasteiger partial charge < -0.3 is 5.32 Å². The second-order valence-corrected chi connectivity index (χ2v) is 5.11. The molecule has 0 unspecified atom stereocenters. The smallest absolute Gasteiger partial charge is 0.258 e. The normalized spacial score (nSPS) is 11.9. The van der Waals surface area contributed by atoms with E-state index in [1.54, 1.807) is 12.1 Å². The Bertz CT molecular complexity index is 666. The van der Waals surface area contributed by atoms with Gasteiger partial charge in [-0.1, -0.05) is 11.6 Å². The van der Waals surface area contributed by atoms with Gasteiger partial charge in [0, 0.05) is 6.54 Å². The molecular weight excluding hydrogens is 266 g/mol. The van der Waals surface area contributed by atoms with Crippen molar-refractivity contribution in [2.24, 2.45) is 5.14 Å². The van der Waals surface area contributed by atoms with Gasteiger partial charge in [0.2, 0.25) is 5.03 Å². The van der Waals surface area contributed by atoms with Crippen LogP contribution >= 0.6 is 11.6 Å². The van der Waals surface area contributed by atoms with E-state index in [-0.39, 0.29) is 10.2 Å². The van der Waals surface area contributed by atoms with Gasteiger partial charge in [-0.25, -0.2) is 18.5 Å². The van der Waals surface area contributed by atoms with Gasteiger partial charge in [0.05, 0.1) is 0 Å². The van der Waals surface area contributed by atoms with Crippen molar-refractivity contribution in [2.45, 2.75) is 11.9 Å². The lowest BCUT2D eigenvalue weighted by Gasteiger charge is -2.03. The van der Waals surface area contributed by atoms with E-state index in [2.05, 4.69) is 15.4 Å². The first kappa shape index (κ1) is 12.1. The number of sulfonamides is 1. The molecule has 0 saturated heterocycles. The highest BCUT2D eigenvalue weighted by molar-refractivity contribution is 7.89. The summed E-state index contributed by atoms with van der Waals surface area (Å²) in [7, 11) is -3.97. The molecule has 0 aliphatic rings. The van der Waals surface area contributed by atoms with Crippen molar-refractivity contribution in [1.29, 1.82) is 0 Å². The number of nitrogens with two attached hydrogens (primary N) is 1. The summed E-state index contributed by atoms with van der Waals surface area (Å²) in [5.41, 5.74) is 0.320. The molecule has 2 rings (SSSR count). The zero-order valence-electron chi connectivity index (χ0n) is 8.88. The van der Waals surface area contributed by atoms with Crippen LogP contribution in [0.4, 0.5) is 5.82 Å². The molecule has 0 aromatic carbocycles. The van der Waals surface area contributed by atoms with Crippen molar-refractivity contribution in [3.05, 3.63) is 17.3 Å². The van der Waals surface area contributed by atoms with Crippen molar-refractivity contribution >= 4 is 33.1 Å². The number of aromatic nitrogens is 3. The van der Waals surface area contributed by atoms with Gasteiger partial charge in [0.1, 0.15) is 5.82 Å². The Balaban J connectivity index is 2.74. The minimum atomic E-state index is -3.97. The van der Waals surface area contributed by atoms with E-state index >= 15 is 0 Å². The van der Waals surface area contributed by atoms with Gasteiger partial charge in [-0.3, -0.25) is 0 Å². The van der Waals surface area contributed by atoms with E-state index in [9.17, 15) is 8.42 Å². The van der Waals surface area contributed by atoms with Crippen molar-refractivity contribution in [1.82, 2.24) is 14.6 Å². The third-order valence-electron chi connectivity index (χ3n) is 2.02. The van der Waals surface area contributed by atoms with Crippen LogP contribution in [0.5, 0.6) is 0 Å². The first-order chi connectivity index (χ1) is 7.93. The molecule has 9 heteroatoms. The largest absolute Gasteiger partial charge is 0.369 e. The molecule has 0 aliphatic carbocycles. The number of primary sulfonamides is 1. The average molecular weight is 276 g/mol. The average Bonchev–Trinajstić information content (AvgIpc) is 2.53. The quantitative estimate of drug-likeness (QED) is 0.847. The topological polar surface area (TPSA) is 102 Å². The molecule has 0 spiro atoms. The second-order valence-electron chi connectivity index (χ2n) is 3.27. The fourth-order valence-electron chi connectivity index (χ4n) is 1.40. The molecule has 0 radical (unpaired) electrons. The van der Waals surface area contributed by atoms with E-state index in [0.29, 0.717) is 18.0 Å². The fraction of sp³-hybridized carbons (Fsp3) is 0.250. The van der Waals surface area contributed by atoms with E-state index in [4.69, 9.17) is 16.7 Å². The van der Waals surface area contributed by atoms with Crippen LogP contribution in [0.1, 0.15) is 6.92 Å². The van der Waals surface area contributed by atoms with E-state index in [1.165, 1.54) is 0 Å². The Morgan fingerprint density at radius 3 is 2.82 bits per heavy atom. The molecule has 2 heterocycles. The maximum Gasteiger partial charge on any atom is 0.258 e. The van der Waals surface area contributed by atoms with E-state index in [1.807, 2.05) is 6.92 Å². The van der Waals surface area contributed by atoms with Crippen LogP contribution in [0.3, 0.4) is 0 Å². The number of imidazole rings is 1. The molecule has 0 saturated carbocycles. The molecule has 2 aromatic rings. The Hall–Kier alpha value is -1.38. The third-order valence-corrected chi connectivity index (χ3v) is 3.30. The monoisotopic (exact) mass is 275 g/mol. The van der Waals surface area contributed by atoms with Crippen molar-refractivity contribution < 1.29 is 8.42 Å². The molecule has 0 bridgehead atoms. The fourth-order valence-corrected chi connectivity index (χ4v) is 2.54. The molecular formula is C8H10ClN5O2S. The summed E-state index contributed by atoms with van der Waals surface area (Å²) >= 11 is 5.73. The lowest BCUT2D eigenvalue weighted by Crippen LogP contribution is -2.16. The molecule has 0 atom stereocenters. The van der Waals surface area contributed by atoms with Crippen LogP contribution in [-0.2, 0) is 10.0 Å². The summed E-state index contributed by atoms with van der Waals surface area (Å²) in [6, 6.07) is 3.28. The number of halogens is 1. The van der Waals surface area contributed by atoms with Crippen LogP contribution < -0.4 is 10.5 Å². The van der Waals surface area contributed by atoms with Crippen LogP contribution in [-0.4, -0.2) is 29.6 Å². The summed E-state index contributed by atoms with van der Waals surface area (Å²) < 4.78 is 23.8. The summed E-state index contributed by atoms with van der Waals surface area (Å²) in [6.07, 6.45) is 0. The second kappa shape index (κ2) is 4.13. The third kappa shape index (κ3) is 2.19. The van der Waals surface area contributed by atoms with E-state index < -0.39 is 10.0 Å². The highest BCUT2D eigenvalue weighted by atomic mass is 35.5. The summed E-state index contributed by atoms with van der Waals surface area (Å²) in [5.74, 6) is 0.513. The standard InChI is InChI=1S/C8H10ClN5O2S/c1-2-11-5-3-4-6-12-7(9)8(14(6)13-5)17(10,15)16/h3-4H,2H2,1H3,(H,11,13)(H2,10,15,16). The van der Waals surface area contributed by atoms with Crippen LogP contribution in [0.2, 0.25) is 5.15 Å². The summed E-state index contributed by atoms with van der Waals surface area (Å²) in [6.45, 7) is 2.55. The number of nitrogens with zero attached hydrogens (tertiary/aromatic N) is 3.